The van der Waals surface area contributed by atoms with Crippen LogP contribution < -0.4 is 5.32 Å². The van der Waals surface area contributed by atoms with Crippen LogP contribution in [0.3, 0.4) is 0 Å². The van der Waals surface area contributed by atoms with E-state index in [1.807, 2.05) is 12.1 Å². The number of aliphatic carboxylic acids is 1. The molecular weight excluding hydrogens is 293 g/mol. The summed E-state index contributed by atoms with van der Waals surface area (Å²) in [7, 11) is 0. The van der Waals surface area contributed by atoms with E-state index >= 15 is 0 Å². The number of carboxylic acids is 1. The van der Waals surface area contributed by atoms with Gasteiger partial charge < -0.3 is 10.4 Å². The summed E-state index contributed by atoms with van der Waals surface area (Å²) in [6.45, 7) is 2.01. The van der Waals surface area contributed by atoms with Crippen molar-refractivity contribution in [2.24, 2.45) is 0 Å². The summed E-state index contributed by atoms with van der Waals surface area (Å²) < 4.78 is 0.831. The Hall–Kier alpha value is -1.00. The number of hydrogen-bond donors (Lipinski definition) is 2. The van der Waals surface area contributed by atoms with Crippen molar-refractivity contribution in [3.63, 3.8) is 0 Å². The molecular formula is C11H11BrClNO2. The molecule has 1 rings (SSSR count). The smallest absolute Gasteiger partial charge is 0.331 e. The first-order chi connectivity index (χ1) is 7.50. The van der Waals surface area contributed by atoms with E-state index in [4.69, 9.17) is 16.7 Å². The fourth-order valence-corrected chi connectivity index (χ4v) is 1.44. The van der Waals surface area contributed by atoms with Gasteiger partial charge in [-0.05, 0) is 41.1 Å². The van der Waals surface area contributed by atoms with E-state index in [1.54, 1.807) is 19.1 Å². The molecule has 0 fully saturated rings. The summed E-state index contributed by atoms with van der Waals surface area (Å²) in [5, 5.41) is 12.3. The number of carbonyl (C=O) groups is 1. The molecule has 0 heterocycles. The highest BCUT2D eigenvalue weighted by Gasteiger charge is 1.99. The standard InChI is InChI=1S/C11H11BrClNO2/c1-7(11(15)16)4-5-14-8-2-3-9(12)10(13)6-8/h2-4,6,14H,5H2,1H3,(H,15,16)/b7-4-. The van der Waals surface area contributed by atoms with Crippen LogP contribution in [0.15, 0.2) is 34.3 Å². The third kappa shape index (κ3) is 3.87. The minimum Gasteiger partial charge on any atom is -0.478 e. The van der Waals surface area contributed by atoms with Gasteiger partial charge in [0.15, 0.2) is 0 Å². The average Bonchev–Trinajstić information content (AvgIpc) is 2.23. The van der Waals surface area contributed by atoms with Crippen LogP contribution in [-0.2, 0) is 4.79 Å². The van der Waals surface area contributed by atoms with Gasteiger partial charge >= 0.3 is 5.97 Å². The first-order valence-corrected chi connectivity index (χ1v) is 5.77. The summed E-state index contributed by atoms with van der Waals surface area (Å²) in [4.78, 5) is 10.5. The van der Waals surface area contributed by atoms with Gasteiger partial charge in [0.2, 0.25) is 0 Å². The van der Waals surface area contributed by atoms with E-state index in [9.17, 15) is 4.79 Å². The van der Waals surface area contributed by atoms with E-state index in [0.717, 1.165) is 10.2 Å². The van der Waals surface area contributed by atoms with Gasteiger partial charge in [0.25, 0.3) is 0 Å². The summed E-state index contributed by atoms with van der Waals surface area (Å²) in [5.74, 6) is -0.907. The summed E-state index contributed by atoms with van der Waals surface area (Å²) in [6, 6.07) is 5.47. The first-order valence-electron chi connectivity index (χ1n) is 4.59. The van der Waals surface area contributed by atoms with Gasteiger partial charge in [-0.3, -0.25) is 0 Å². The lowest BCUT2D eigenvalue weighted by Crippen LogP contribution is -2.02. The van der Waals surface area contributed by atoms with Crippen molar-refractivity contribution in [1.82, 2.24) is 0 Å². The van der Waals surface area contributed by atoms with Crippen molar-refractivity contribution in [3.8, 4) is 0 Å². The Kier molecular flexibility index (Phi) is 4.83. The lowest BCUT2D eigenvalue weighted by atomic mass is 10.3. The van der Waals surface area contributed by atoms with Crippen molar-refractivity contribution < 1.29 is 9.90 Å². The molecule has 0 radical (unpaired) electrons. The van der Waals surface area contributed by atoms with Crippen LogP contribution in [0.4, 0.5) is 5.69 Å². The molecule has 0 bridgehead atoms. The molecule has 0 spiro atoms. The third-order valence-electron chi connectivity index (χ3n) is 1.97. The van der Waals surface area contributed by atoms with Crippen LogP contribution in [-0.4, -0.2) is 17.6 Å². The highest BCUT2D eigenvalue weighted by atomic mass is 79.9. The van der Waals surface area contributed by atoms with E-state index in [-0.39, 0.29) is 0 Å². The SMILES string of the molecule is C/C(=C/CNc1ccc(Br)c(Cl)c1)C(=O)O. The largest absolute Gasteiger partial charge is 0.478 e. The Morgan fingerprint density at radius 2 is 2.31 bits per heavy atom. The molecule has 0 aromatic heterocycles. The van der Waals surface area contributed by atoms with Crippen molar-refractivity contribution in [2.45, 2.75) is 6.92 Å². The molecule has 5 heteroatoms. The summed E-state index contributed by atoms with van der Waals surface area (Å²) in [6.07, 6.45) is 1.61. The molecule has 0 aliphatic carbocycles. The monoisotopic (exact) mass is 303 g/mol. The number of benzene rings is 1. The van der Waals surface area contributed by atoms with Gasteiger partial charge in [0, 0.05) is 22.3 Å². The molecule has 2 N–H and O–H groups in total. The molecule has 0 aliphatic heterocycles. The normalized spacial score (nSPS) is 11.3. The van der Waals surface area contributed by atoms with Crippen molar-refractivity contribution >= 4 is 39.2 Å². The molecule has 0 aliphatic rings. The number of halogens is 2. The fourth-order valence-electron chi connectivity index (χ4n) is 1.02. The lowest BCUT2D eigenvalue weighted by Gasteiger charge is -2.05. The van der Waals surface area contributed by atoms with Crippen LogP contribution in [0, 0.1) is 0 Å². The highest BCUT2D eigenvalue weighted by Crippen LogP contribution is 2.25. The Bertz CT molecular complexity index is 432. The van der Waals surface area contributed by atoms with Gasteiger partial charge in [0.1, 0.15) is 0 Å². The molecule has 0 saturated heterocycles. The maximum atomic E-state index is 10.5. The minimum absolute atomic E-state index is 0.315. The first kappa shape index (κ1) is 13.1. The Balaban J connectivity index is 2.59. The number of carboxylic acid groups (broad SMARTS) is 1. The molecule has 0 saturated carbocycles. The second-order valence-electron chi connectivity index (χ2n) is 3.20. The molecule has 0 amide bonds. The van der Waals surface area contributed by atoms with Crippen LogP contribution in [0.25, 0.3) is 0 Å². The summed E-state index contributed by atoms with van der Waals surface area (Å²) in [5.41, 5.74) is 1.17. The van der Waals surface area contributed by atoms with Gasteiger partial charge in [-0.15, -0.1) is 0 Å². The second kappa shape index (κ2) is 5.92. The number of hydrogen-bond acceptors (Lipinski definition) is 2. The molecule has 16 heavy (non-hydrogen) atoms. The maximum absolute atomic E-state index is 10.5. The molecule has 1 aromatic carbocycles. The van der Waals surface area contributed by atoms with Gasteiger partial charge in [-0.2, -0.15) is 0 Å². The third-order valence-corrected chi connectivity index (χ3v) is 3.20. The van der Waals surface area contributed by atoms with Crippen molar-refractivity contribution in [2.75, 3.05) is 11.9 Å². The fraction of sp³-hybridized carbons (Fsp3) is 0.182. The predicted molar refractivity (Wildman–Crippen MR) is 69.0 cm³/mol. The predicted octanol–water partition coefficient (Wildman–Crippen LogP) is 3.55. The molecule has 0 unspecified atom stereocenters. The maximum Gasteiger partial charge on any atom is 0.331 e. The zero-order chi connectivity index (χ0) is 12.1. The summed E-state index contributed by atoms with van der Waals surface area (Å²) >= 11 is 9.20. The Morgan fingerprint density at radius 1 is 1.62 bits per heavy atom. The van der Waals surface area contributed by atoms with E-state index in [2.05, 4.69) is 21.2 Å². The van der Waals surface area contributed by atoms with Gasteiger partial charge in [-0.25, -0.2) is 4.79 Å². The molecule has 0 atom stereocenters. The second-order valence-corrected chi connectivity index (χ2v) is 4.46. The number of anilines is 1. The van der Waals surface area contributed by atoms with Crippen LogP contribution in [0.1, 0.15) is 6.92 Å². The minimum atomic E-state index is -0.907. The molecule has 86 valence electrons. The Morgan fingerprint density at radius 3 is 2.88 bits per heavy atom. The average molecular weight is 305 g/mol. The zero-order valence-corrected chi connectivity index (χ0v) is 11.0. The van der Waals surface area contributed by atoms with Crippen molar-refractivity contribution in [3.05, 3.63) is 39.3 Å². The lowest BCUT2D eigenvalue weighted by molar-refractivity contribution is -0.132. The van der Waals surface area contributed by atoms with Crippen LogP contribution in [0.2, 0.25) is 5.02 Å². The zero-order valence-electron chi connectivity index (χ0n) is 8.63. The van der Waals surface area contributed by atoms with E-state index < -0.39 is 5.97 Å². The topological polar surface area (TPSA) is 49.3 Å². The van der Waals surface area contributed by atoms with Gasteiger partial charge in [0.05, 0.1) is 5.02 Å². The van der Waals surface area contributed by atoms with Gasteiger partial charge in [-0.1, -0.05) is 17.7 Å². The number of nitrogens with one attached hydrogen (secondary N) is 1. The highest BCUT2D eigenvalue weighted by molar-refractivity contribution is 9.10. The van der Waals surface area contributed by atoms with Crippen molar-refractivity contribution in [1.29, 1.82) is 0 Å². The van der Waals surface area contributed by atoms with E-state index in [1.165, 1.54) is 0 Å². The Labute approximate surface area is 107 Å². The quantitative estimate of drug-likeness (QED) is 0.836. The van der Waals surface area contributed by atoms with Crippen LogP contribution >= 0.6 is 27.5 Å². The van der Waals surface area contributed by atoms with E-state index in [0.29, 0.717) is 17.1 Å². The molecule has 1 aromatic rings. The van der Waals surface area contributed by atoms with Crippen LogP contribution in [0.5, 0.6) is 0 Å². The molecule has 3 nitrogen and oxygen atoms in total. The number of rotatable bonds is 4.